The minimum absolute atomic E-state index is 0.0767. The third kappa shape index (κ3) is 4.79. The Bertz CT molecular complexity index is 933. The standard InChI is InChI=1S/C21H26N2O4S/c1-3-18-6-4-5-16(2)20(18)22-21(24)19-9-7-17(8-10-19)15-28(25,26)23-11-13-27-14-12-23/h4-10H,3,11-15H2,1-2H3,(H,22,24). The third-order valence-corrected chi connectivity index (χ3v) is 6.76. The molecule has 7 heteroatoms. The van der Waals surface area contributed by atoms with Gasteiger partial charge in [-0.05, 0) is 42.2 Å². The maximum atomic E-state index is 12.6. The van der Waals surface area contributed by atoms with Gasteiger partial charge in [-0.2, -0.15) is 4.31 Å². The fourth-order valence-electron chi connectivity index (χ4n) is 3.27. The van der Waals surface area contributed by atoms with Gasteiger partial charge in [-0.25, -0.2) is 8.42 Å². The highest BCUT2D eigenvalue weighted by Crippen LogP contribution is 2.22. The number of carbonyl (C=O) groups is 1. The van der Waals surface area contributed by atoms with Crippen LogP contribution in [0.15, 0.2) is 42.5 Å². The van der Waals surface area contributed by atoms with Crippen molar-refractivity contribution in [3.63, 3.8) is 0 Å². The van der Waals surface area contributed by atoms with Crippen LogP contribution in [0.3, 0.4) is 0 Å². The first-order valence-electron chi connectivity index (χ1n) is 9.45. The lowest BCUT2D eigenvalue weighted by Gasteiger charge is -2.26. The summed E-state index contributed by atoms with van der Waals surface area (Å²) in [6, 6.07) is 12.7. The maximum Gasteiger partial charge on any atom is 0.255 e. The summed E-state index contributed by atoms with van der Waals surface area (Å²) in [4.78, 5) is 12.6. The van der Waals surface area contributed by atoms with Crippen LogP contribution in [-0.2, 0) is 26.9 Å². The summed E-state index contributed by atoms with van der Waals surface area (Å²) in [7, 11) is -3.38. The van der Waals surface area contributed by atoms with Crippen LogP contribution in [0.5, 0.6) is 0 Å². The van der Waals surface area contributed by atoms with Gasteiger partial charge in [0.15, 0.2) is 0 Å². The van der Waals surface area contributed by atoms with Gasteiger partial charge < -0.3 is 10.1 Å². The van der Waals surface area contributed by atoms with Gasteiger partial charge >= 0.3 is 0 Å². The zero-order valence-electron chi connectivity index (χ0n) is 16.3. The predicted octanol–water partition coefficient (Wildman–Crippen LogP) is 2.97. The van der Waals surface area contributed by atoms with Crippen molar-refractivity contribution in [1.82, 2.24) is 4.31 Å². The molecule has 0 saturated carbocycles. The summed E-state index contributed by atoms with van der Waals surface area (Å²) in [6.45, 7) is 5.65. The molecule has 1 amide bonds. The van der Waals surface area contributed by atoms with Gasteiger partial charge in [-0.1, -0.05) is 37.3 Å². The van der Waals surface area contributed by atoms with Gasteiger partial charge in [0.05, 0.1) is 19.0 Å². The molecule has 1 aliphatic rings. The number of nitrogens with one attached hydrogen (secondary N) is 1. The van der Waals surface area contributed by atoms with Crippen molar-refractivity contribution in [2.45, 2.75) is 26.0 Å². The maximum absolute atomic E-state index is 12.6. The van der Waals surface area contributed by atoms with E-state index in [4.69, 9.17) is 4.74 Å². The zero-order valence-corrected chi connectivity index (χ0v) is 17.1. The van der Waals surface area contributed by atoms with E-state index in [1.54, 1.807) is 24.3 Å². The zero-order chi connectivity index (χ0) is 20.1. The molecule has 0 aromatic heterocycles. The number of rotatable bonds is 6. The molecule has 0 unspecified atom stereocenters. The lowest BCUT2D eigenvalue weighted by molar-refractivity contribution is 0.0729. The van der Waals surface area contributed by atoms with E-state index in [0.717, 1.165) is 23.2 Å². The van der Waals surface area contributed by atoms with Crippen molar-refractivity contribution in [1.29, 1.82) is 0 Å². The van der Waals surface area contributed by atoms with Crippen LogP contribution in [-0.4, -0.2) is 44.9 Å². The number of para-hydroxylation sites is 1. The second-order valence-electron chi connectivity index (χ2n) is 6.88. The Labute approximate surface area is 166 Å². The average molecular weight is 403 g/mol. The summed E-state index contributed by atoms with van der Waals surface area (Å²) in [5, 5.41) is 2.99. The number of nitrogens with zero attached hydrogens (tertiary/aromatic N) is 1. The molecule has 2 aromatic carbocycles. The first-order chi connectivity index (χ1) is 13.4. The van der Waals surface area contributed by atoms with Gasteiger partial charge in [-0.15, -0.1) is 0 Å². The van der Waals surface area contributed by atoms with E-state index < -0.39 is 10.0 Å². The average Bonchev–Trinajstić information content (AvgIpc) is 2.70. The van der Waals surface area contributed by atoms with E-state index in [0.29, 0.717) is 37.4 Å². The van der Waals surface area contributed by atoms with Gasteiger partial charge in [-0.3, -0.25) is 4.79 Å². The Morgan fingerprint density at radius 3 is 2.43 bits per heavy atom. The van der Waals surface area contributed by atoms with Crippen molar-refractivity contribution in [2.24, 2.45) is 0 Å². The van der Waals surface area contributed by atoms with Gasteiger partial charge in [0, 0.05) is 24.3 Å². The lowest BCUT2D eigenvalue weighted by Crippen LogP contribution is -2.41. The second-order valence-corrected chi connectivity index (χ2v) is 8.85. The van der Waals surface area contributed by atoms with Crippen LogP contribution in [0, 0.1) is 6.92 Å². The van der Waals surface area contributed by atoms with E-state index in [-0.39, 0.29) is 11.7 Å². The number of hydrogen-bond acceptors (Lipinski definition) is 4. The minimum Gasteiger partial charge on any atom is -0.379 e. The van der Waals surface area contributed by atoms with Crippen LogP contribution < -0.4 is 5.32 Å². The molecule has 0 atom stereocenters. The molecule has 1 N–H and O–H groups in total. The van der Waals surface area contributed by atoms with Crippen molar-refractivity contribution in [3.8, 4) is 0 Å². The molecule has 1 aliphatic heterocycles. The summed E-state index contributed by atoms with van der Waals surface area (Å²) in [5.41, 5.74) is 4.10. The molecule has 1 heterocycles. The van der Waals surface area contributed by atoms with E-state index in [1.807, 2.05) is 32.0 Å². The van der Waals surface area contributed by atoms with Crippen molar-refractivity contribution in [3.05, 3.63) is 64.7 Å². The van der Waals surface area contributed by atoms with Crippen molar-refractivity contribution >= 4 is 21.6 Å². The Morgan fingerprint density at radius 1 is 1.11 bits per heavy atom. The molecule has 0 spiro atoms. The Hall–Kier alpha value is -2.22. The van der Waals surface area contributed by atoms with Crippen LogP contribution in [0.25, 0.3) is 0 Å². The van der Waals surface area contributed by atoms with E-state index in [1.165, 1.54) is 4.31 Å². The van der Waals surface area contributed by atoms with Crippen LogP contribution in [0.2, 0.25) is 0 Å². The Balaban J connectivity index is 1.70. The molecular weight excluding hydrogens is 376 g/mol. The molecule has 0 aliphatic carbocycles. The summed E-state index contributed by atoms with van der Waals surface area (Å²) in [5.74, 6) is -0.279. The minimum atomic E-state index is -3.38. The van der Waals surface area contributed by atoms with Gasteiger partial charge in [0.25, 0.3) is 5.91 Å². The third-order valence-electron chi connectivity index (χ3n) is 4.91. The number of aryl methyl sites for hydroxylation is 2. The topological polar surface area (TPSA) is 75.7 Å². The highest BCUT2D eigenvalue weighted by Gasteiger charge is 2.24. The summed E-state index contributed by atoms with van der Waals surface area (Å²) >= 11 is 0. The molecule has 0 bridgehead atoms. The fraction of sp³-hybridized carbons (Fsp3) is 0.381. The number of carbonyl (C=O) groups excluding carboxylic acids is 1. The van der Waals surface area contributed by atoms with Crippen LogP contribution >= 0.6 is 0 Å². The number of morpholine rings is 1. The number of ether oxygens (including phenoxy) is 1. The van der Waals surface area contributed by atoms with E-state index >= 15 is 0 Å². The lowest BCUT2D eigenvalue weighted by atomic mass is 10.1. The summed E-state index contributed by atoms with van der Waals surface area (Å²) < 4.78 is 31.7. The normalized spacial score (nSPS) is 15.4. The number of hydrogen-bond donors (Lipinski definition) is 1. The molecule has 0 radical (unpaired) electrons. The van der Waals surface area contributed by atoms with E-state index in [9.17, 15) is 13.2 Å². The monoisotopic (exact) mass is 402 g/mol. The number of anilines is 1. The van der Waals surface area contributed by atoms with Gasteiger partial charge in [0.1, 0.15) is 0 Å². The molecule has 1 fully saturated rings. The summed E-state index contributed by atoms with van der Waals surface area (Å²) in [6.07, 6.45) is 0.829. The first kappa shape index (κ1) is 20.5. The van der Waals surface area contributed by atoms with Gasteiger partial charge in [0.2, 0.25) is 10.0 Å². The largest absolute Gasteiger partial charge is 0.379 e. The van der Waals surface area contributed by atoms with Crippen LogP contribution in [0.1, 0.15) is 34.0 Å². The van der Waals surface area contributed by atoms with E-state index in [2.05, 4.69) is 5.32 Å². The predicted molar refractivity (Wildman–Crippen MR) is 110 cm³/mol. The number of amides is 1. The quantitative estimate of drug-likeness (QED) is 0.806. The molecule has 2 aromatic rings. The Morgan fingerprint density at radius 2 is 1.79 bits per heavy atom. The molecule has 1 saturated heterocycles. The molecule has 150 valence electrons. The highest BCUT2D eigenvalue weighted by atomic mass is 32.2. The highest BCUT2D eigenvalue weighted by molar-refractivity contribution is 7.88. The smallest absolute Gasteiger partial charge is 0.255 e. The van der Waals surface area contributed by atoms with Crippen molar-refractivity contribution in [2.75, 3.05) is 31.6 Å². The molecular formula is C21H26N2O4S. The molecule has 3 rings (SSSR count). The first-order valence-corrected chi connectivity index (χ1v) is 11.1. The fourth-order valence-corrected chi connectivity index (χ4v) is 4.77. The number of sulfonamides is 1. The number of benzene rings is 2. The SMILES string of the molecule is CCc1cccc(C)c1NC(=O)c1ccc(CS(=O)(=O)N2CCOCC2)cc1. The molecule has 28 heavy (non-hydrogen) atoms. The second kappa shape index (κ2) is 8.86. The van der Waals surface area contributed by atoms with Crippen molar-refractivity contribution < 1.29 is 17.9 Å². The molecule has 6 nitrogen and oxygen atoms in total. The Kier molecular flexibility index (Phi) is 6.49. The van der Waals surface area contributed by atoms with Crippen LogP contribution in [0.4, 0.5) is 5.69 Å².